The Hall–Kier alpha value is -1.35. The molecule has 19 heavy (non-hydrogen) atoms. The van der Waals surface area contributed by atoms with Gasteiger partial charge in [-0.25, -0.2) is 0 Å². The van der Waals surface area contributed by atoms with Crippen LogP contribution in [0, 0.1) is 0 Å². The highest BCUT2D eigenvalue weighted by molar-refractivity contribution is 5.82. The van der Waals surface area contributed by atoms with E-state index in [2.05, 4.69) is 41.8 Å². The summed E-state index contributed by atoms with van der Waals surface area (Å²) in [6.45, 7) is 3.06. The first-order chi connectivity index (χ1) is 9.25. The molecule has 3 heteroatoms. The zero-order valence-corrected chi connectivity index (χ0v) is 11.7. The van der Waals surface area contributed by atoms with Crippen molar-refractivity contribution in [3.05, 3.63) is 35.9 Å². The third kappa shape index (κ3) is 4.67. The van der Waals surface area contributed by atoms with Gasteiger partial charge in [0.1, 0.15) is 0 Å². The normalized spacial score (nSPS) is 20.8. The van der Waals surface area contributed by atoms with Crippen molar-refractivity contribution in [1.29, 1.82) is 0 Å². The van der Waals surface area contributed by atoms with Gasteiger partial charge in [-0.1, -0.05) is 36.8 Å². The molecule has 0 radical (unpaired) electrons. The zero-order valence-electron chi connectivity index (χ0n) is 11.7. The predicted octanol–water partition coefficient (Wildman–Crippen LogP) is 2.27. The maximum atomic E-state index is 12.0. The quantitative estimate of drug-likeness (QED) is 0.852. The number of carbonyl (C=O) groups excluding carboxylic acids is 1. The lowest BCUT2D eigenvalue weighted by Gasteiger charge is -2.24. The molecule has 1 unspecified atom stereocenters. The van der Waals surface area contributed by atoms with Gasteiger partial charge in [-0.05, 0) is 44.7 Å². The maximum Gasteiger partial charge on any atom is 0.237 e. The van der Waals surface area contributed by atoms with Crippen molar-refractivity contribution >= 4 is 5.91 Å². The standard InChI is InChI=1S/C16H24N2O/c1-13(10-11-14-7-3-2-4-8-14)18-16(19)15-9-5-6-12-17-15/h2-4,7-8,13,15,17H,5-6,9-12H2,1H3,(H,18,19)/t13?,15-/m0/s1. The highest BCUT2D eigenvalue weighted by Gasteiger charge is 2.21. The largest absolute Gasteiger partial charge is 0.352 e. The lowest BCUT2D eigenvalue weighted by atomic mass is 10.0. The Kier molecular flexibility index (Phi) is 5.40. The number of carbonyl (C=O) groups is 1. The average molecular weight is 260 g/mol. The van der Waals surface area contributed by atoms with Gasteiger partial charge in [0, 0.05) is 6.04 Å². The fourth-order valence-electron chi connectivity index (χ4n) is 2.52. The molecule has 0 bridgehead atoms. The van der Waals surface area contributed by atoms with Crippen molar-refractivity contribution in [2.45, 2.75) is 51.1 Å². The van der Waals surface area contributed by atoms with Gasteiger partial charge >= 0.3 is 0 Å². The number of hydrogen-bond donors (Lipinski definition) is 2. The van der Waals surface area contributed by atoms with Crippen molar-refractivity contribution in [3.8, 4) is 0 Å². The third-order valence-electron chi connectivity index (χ3n) is 3.72. The zero-order chi connectivity index (χ0) is 13.5. The van der Waals surface area contributed by atoms with E-state index >= 15 is 0 Å². The van der Waals surface area contributed by atoms with Crippen LogP contribution in [0.3, 0.4) is 0 Å². The number of nitrogens with one attached hydrogen (secondary N) is 2. The molecule has 1 aliphatic heterocycles. The summed E-state index contributed by atoms with van der Waals surface area (Å²) in [5.74, 6) is 0.167. The Morgan fingerprint density at radius 3 is 2.84 bits per heavy atom. The van der Waals surface area contributed by atoms with Gasteiger partial charge in [-0.15, -0.1) is 0 Å². The molecule has 1 aliphatic rings. The van der Waals surface area contributed by atoms with Crippen LogP contribution in [0.5, 0.6) is 0 Å². The second kappa shape index (κ2) is 7.29. The Morgan fingerprint density at radius 1 is 1.37 bits per heavy atom. The smallest absolute Gasteiger partial charge is 0.237 e. The maximum absolute atomic E-state index is 12.0. The van der Waals surface area contributed by atoms with Gasteiger partial charge < -0.3 is 10.6 Å². The van der Waals surface area contributed by atoms with Crippen LogP contribution in [0.15, 0.2) is 30.3 Å². The van der Waals surface area contributed by atoms with E-state index < -0.39 is 0 Å². The van der Waals surface area contributed by atoms with Gasteiger partial charge in [-0.3, -0.25) is 4.79 Å². The molecule has 1 heterocycles. The molecule has 0 spiro atoms. The molecule has 2 N–H and O–H groups in total. The Morgan fingerprint density at radius 2 is 2.16 bits per heavy atom. The molecule has 2 rings (SSSR count). The molecule has 1 amide bonds. The van der Waals surface area contributed by atoms with E-state index in [-0.39, 0.29) is 18.0 Å². The monoisotopic (exact) mass is 260 g/mol. The molecule has 1 aromatic carbocycles. The number of rotatable bonds is 5. The fraction of sp³-hybridized carbons (Fsp3) is 0.562. The topological polar surface area (TPSA) is 41.1 Å². The summed E-state index contributed by atoms with van der Waals surface area (Å²) in [6, 6.07) is 10.7. The molecule has 2 atom stereocenters. The minimum Gasteiger partial charge on any atom is -0.352 e. The van der Waals surface area contributed by atoms with Gasteiger partial charge in [0.15, 0.2) is 0 Å². The summed E-state index contributed by atoms with van der Waals surface area (Å²) in [7, 11) is 0. The summed E-state index contributed by atoms with van der Waals surface area (Å²) in [5.41, 5.74) is 1.33. The molecule has 0 saturated carbocycles. The van der Waals surface area contributed by atoms with Crippen molar-refractivity contribution in [3.63, 3.8) is 0 Å². The van der Waals surface area contributed by atoms with Crippen LogP contribution in [0.1, 0.15) is 38.2 Å². The first kappa shape index (κ1) is 14.1. The van der Waals surface area contributed by atoms with Gasteiger partial charge in [-0.2, -0.15) is 0 Å². The van der Waals surface area contributed by atoms with E-state index in [1.165, 1.54) is 12.0 Å². The molecular formula is C16H24N2O. The molecule has 3 nitrogen and oxygen atoms in total. The number of amides is 1. The van der Waals surface area contributed by atoms with Crippen LogP contribution in [0.25, 0.3) is 0 Å². The highest BCUT2D eigenvalue weighted by Crippen LogP contribution is 2.08. The van der Waals surface area contributed by atoms with Crippen LogP contribution >= 0.6 is 0 Å². The van der Waals surface area contributed by atoms with Crippen LogP contribution in [-0.4, -0.2) is 24.5 Å². The molecule has 0 aromatic heterocycles. The van der Waals surface area contributed by atoms with E-state index in [4.69, 9.17) is 0 Å². The van der Waals surface area contributed by atoms with Gasteiger partial charge in [0.2, 0.25) is 5.91 Å². The summed E-state index contributed by atoms with van der Waals surface area (Å²) < 4.78 is 0. The van der Waals surface area contributed by atoms with E-state index in [9.17, 15) is 4.79 Å². The molecular weight excluding hydrogens is 236 g/mol. The molecule has 0 aliphatic carbocycles. The van der Waals surface area contributed by atoms with Gasteiger partial charge in [0.25, 0.3) is 0 Å². The SMILES string of the molecule is CC(CCc1ccccc1)NC(=O)[C@@H]1CCCCN1. The van der Waals surface area contributed by atoms with E-state index in [0.29, 0.717) is 0 Å². The first-order valence-corrected chi connectivity index (χ1v) is 7.33. The second-order valence-corrected chi connectivity index (χ2v) is 5.44. The van der Waals surface area contributed by atoms with Crippen LogP contribution in [0.2, 0.25) is 0 Å². The van der Waals surface area contributed by atoms with Crippen molar-refractivity contribution in [1.82, 2.24) is 10.6 Å². The van der Waals surface area contributed by atoms with E-state index in [1.54, 1.807) is 0 Å². The van der Waals surface area contributed by atoms with Crippen LogP contribution in [0.4, 0.5) is 0 Å². The Bertz CT molecular complexity index is 385. The minimum absolute atomic E-state index is 0.0212. The van der Waals surface area contributed by atoms with Crippen LogP contribution < -0.4 is 10.6 Å². The fourth-order valence-corrected chi connectivity index (χ4v) is 2.52. The average Bonchev–Trinajstić information content (AvgIpc) is 2.47. The summed E-state index contributed by atoms with van der Waals surface area (Å²) in [4.78, 5) is 12.0. The van der Waals surface area contributed by atoms with Gasteiger partial charge in [0.05, 0.1) is 6.04 Å². The highest BCUT2D eigenvalue weighted by atomic mass is 16.2. The minimum atomic E-state index is 0.0212. The predicted molar refractivity (Wildman–Crippen MR) is 78.0 cm³/mol. The molecule has 104 valence electrons. The number of aryl methyl sites for hydroxylation is 1. The lowest BCUT2D eigenvalue weighted by molar-refractivity contribution is -0.124. The number of piperidine rings is 1. The third-order valence-corrected chi connectivity index (χ3v) is 3.72. The Labute approximate surface area is 115 Å². The molecule has 1 fully saturated rings. The Balaban J connectivity index is 1.71. The van der Waals surface area contributed by atoms with Crippen LogP contribution in [-0.2, 0) is 11.2 Å². The number of benzene rings is 1. The molecule has 1 aromatic rings. The summed E-state index contributed by atoms with van der Waals surface area (Å²) >= 11 is 0. The lowest BCUT2D eigenvalue weighted by Crippen LogP contribution is -2.49. The summed E-state index contributed by atoms with van der Waals surface area (Å²) in [5, 5.41) is 6.40. The number of hydrogen-bond acceptors (Lipinski definition) is 2. The van der Waals surface area contributed by atoms with E-state index in [1.807, 2.05) is 6.07 Å². The second-order valence-electron chi connectivity index (χ2n) is 5.44. The summed E-state index contributed by atoms with van der Waals surface area (Å²) in [6.07, 6.45) is 5.32. The van der Waals surface area contributed by atoms with Crippen molar-refractivity contribution < 1.29 is 4.79 Å². The van der Waals surface area contributed by atoms with Crippen molar-refractivity contribution in [2.24, 2.45) is 0 Å². The first-order valence-electron chi connectivity index (χ1n) is 7.33. The van der Waals surface area contributed by atoms with Crippen molar-refractivity contribution in [2.75, 3.05) is 6.54 Å². The van der Waals surface area contributed by atoms with E-state index in [0.717, 1.165) is 32.2 Å². The molecule has 1 saturated heterocycles.